The fraction of sp³-hybridized carbons (Fsp3) is 1.00. The lowest BCUT2D eigenvalue weighted by atomic mass is 9.82. The Morgan fingerprint density at radius 1 is 0.783 bits per heavy atom. The molecule has 0 aliphatic carbocycles. The van der Waals surface area contributed by atoms with Gasteiger partial charge in [-0.05, 0) is 0 Å². The van der Waals surface area contributed by atoms with E-state index in [0.717, 1.165) is 0 Å². The summed E-state index contributed by atoms with van der Waals surface area (Å²) in [5, 5.41) is 78.2. The van der Waals surface area contributed by atoms with E-state index in [1.807, 2.05) is 0 Å². The van der Waals surface area contributed by atoms with Gasteiger partial charge in [0.1, 0.15) is 48.8 Å². The average Bonchev–Trinajstić information content (AvgIpc) is 2.54. The van der Waals surface area contributed by atoms with Crippen LogP contribution < -0.4 is 5.73 Å². The Labute approximate surface area is 131 Å². The first-order chi connectivity index (χ1) is 10.7. The summed E-state index contributed by atoms with van der Waals surface area (Å²) in [4.78, 5) is 0. The van der Waals surface area contributed by atoms with E-state index >= 15 is 0 Å². The Morgan fingerprint density at radius 3 is 1.83 bits per heavy atom. The van der Waals surface area contributed by atoms with Gasteiger partial charge in [-0.3, -0.25) is 0 Å². The maximum Gasteiger partial charge on any atom is 0.213 e. The monoisotopic (exact) mass is 341 g/mol. The third-order valence-corrected chi connectivity index (χ3v) is 4.40. The lowest BCUT2D eigenvalue weighted by molar-refractivity contribution is -0.382. The highest BCUT2D eigenvalue weighted by atomic mass is 16.7. The minimum atomic E-state index is -2.60. The first kappa shape index (κ1) is 18.9. The number of hydrogen-bond donors (Lipinski definition) is 9. The minimum absolute atomic E-state index is 0.735. The third kappa shape index (κ3) is 2.99. The van der Waals surface area contributed by atoms with Crippen molar-refractivity contribution < 1.29 is 50.3 Å². The Kier molecular flexibility index (Phi) is 5.60. The van der Waals surface area contributed by atoms with E-state index in [9.17, 15) is 35.7 Å². The summed E-state index contributed by atoms with van der Waals surface area (Å²) in [7, 11) is 0. The molecule has 136 valence electrons. The van der Waals surface area contributed by atoms with Crippen LogP contribution in [-0.2, 0) is 9.47 Å². The molecular weight excluding hydrogens is 318 g/mol. The van der Waals surface area contributed by atoms with Gasteiger partial charge in [-0.1, -0.05) is 0 Å². The summed E-state index contributed by atoms with van der Waals surface area (Å²) in [5.74, 6) is -2.60. The molecule has 0 aromatic rings. The Morgan fingerprint density at radius 2 is 1.30 bits per heavy atom. The second-order valence-corrected chi connectivity index (χ2v) is 5.85. The molecular formula is C12H23NO10. The molecule has 1 unspecified atom stereocenters. The van der Waals surface area contributed by atoms with E-state index < -0.39 is 73.9 Å². The summed E-state index contributed by atoms with van der Waals surface area (Å²) in [6, 6.07) is -1.67. The van der Waals surface area contributed by atoms with Crippen LogP contribution in [0.1, 0.15) is 0 Å². The highest BCUT2D eigenvalue weighted by molar-refractivity contribution is 5.07. The van der Waals surface area contributed by atoms with Gasteiger partial charge < -0.3 is 56.1 Å². The molecule has 2 fully saturated rings. The smallest absolute Gasteiger partial charge is 0.213 e. The number of aliphatic hydroxyl groups excluding tert-OH is 7. The number of rotatable bonds is 3. The van der Waals surface area contributed by atoms with Gasteiger partial charge >= 0.3 is 0 Å². The Balaban J connectivity index is 2.33. The molecule has 0 aromatic carbocycles. The van der Waals surface area contributed by atoms with Crippen LogP contribution in [0.4, 0.5) is 0 Å². The van der Waals surface area contributed by atoms with E-state index in [-0.39, 0.29) is 0 Å². The standard InChI is InChI=1S/C12H23NO10/c13-10-8(19)6(17)4(2-15)23-12(10,21)11-9(20)7(18)5(16)3(1-14)22-11/h3-11,14-21H,1-2,13H2/t3-,4-,5-,6-,7+,8+,9-,10-,11+,12?/m1/s1. The van der Waals surface area contributed by atoms with Crippen molar-refractivity contribution in [1.82, 2.24) is 0 Å². The molecule has 0 spiro atoms. The zero-order chi connectivity index (χ0) is 17.5. The van der Waals surface area contributed by atoms with Crippen molar-refractivity contribution >= 4 is 0 Å². The maximum atomic E-state index is 10.7. The SMILES string of the molecule is N[C@@H]1[C@@H](O)[C@H](O)[C@@H](CO)OC1(O)[C@H]1O[C@H](CO)[C@@H](O)[C@H](O)[C@H]1O. The van der Waals surface area contributed by atoms with Crippen LogP contribution in [0.2, 0.25) is 0 Å². The fourth-order valence-corrected chi connectivity index (χ4v) is 2.91. The van der Waals surface area contributed by atoms with E-state index in [1.165, 1.54) is 0 Å². The molecule has 2 aliphatic rings. The Hall–Kier alpha value is -0.440. The van der Waals surface area contributed by atoms with Crippen molar-refractivity contribution in [2.24, 2.45) is 5.73 Å². The summed E-state index contributed by atoms with van der Waals surface area (Å²) >= 11 is 0. The number of ether oxygens (including phenoxy) is 2. The number of nitrogens with two attached hydrogens (primary N) is 1. The second-order valence-electron chi connectivity index (χ2n) is 5.85. The van der Waals surface area contributed by atoms with Crippen LogP contribution in [0.25, 0.3) is 0 Å². The van der Waals surface area contributed by atoms with Crippen molar-refractivity contribution in [3.63, 3.8) is 0 Å². The van der Waals surface area contributed by atoms with Crippen molar-refractivity contribution in [2.45, 2.75) is 60.7 Å². The molecule has 2 saturated heterocycles. The zero-order valence-electron chi connectivity index (χ0n) is 12.1. The predicted molar refractivity (Wildman–Crippen MR) is 70.7 cm³/mol. The molecule has 0 aromatic heterocycles. The molecule has 23 heavy (non-hydrogen) atoms. The maximum absolute atomic E-state index is 10.7. The van der Waals surface area contributed by atoms with Gasteiger partial charge in [0.25, 0.3) is 0 Å². The third-order valence-electron chi connectivity index (χ3n) is 4.40. The number of aliphatic hydroxyl groups is 8. The molecule has 0 bridgehead atoms. The molecule has 2 heterocycles. The van der Waals surface area contributed by atoms with Crippen molar-refractivity contribution in [1.29, 1.82) is 0 Å². The molecule has 0 amide bonds. The summed E-state index contributed by atoms with van der Waals surface area (Å²) < 4.78 is 10.3. The van der Waals surface area contributed by atoms with Crippen LogP contribution in [-0.4, -0.2) is 115 Å². The van der Waals surface area contributed by atoms with Crippen LogP contribution in [0.5, 0.6) is 0 Å². The predicted octanol–water partition coefficient (Wildman–Crippen LogP) is -6.04. The fourth-order valence-electron chi connectivity index (χ4n) is 2.91. The van der Waals surface area contributed by atoms with Gasteiger partial charge in [-0.2, -0.15) is 0 Å². The number of hydrogen-bond acceptors (Lipinski definition) is 11. The summed E-state index contributed by atoms with van der Waals surface area (Å²) in [6.45, 7) is -1.51. The van der Waals surface area contributed by atoms with Crippen molar-refractivity contribution in [2.75, 3.05) is 13.2 Å². The molecule has 2 rings (SSSR count). The summed E-state index contributed by atoms with van der Waals surface area (Å²) in [6.07, 6.45) is -13.1. The second kappa shape index (κ2) is 6.82. The lowest BCUT2D eigenvalue weighted by Gasteiger charge is -2.53. The highest BCUT2D eigenvalue weighted by Gasteiger charge is 2.61. The Bertz CT molecular complexity index is 409. The van der Waals surface area contributed by atoms with E-state index in [1.54, 1.807) is 0 Å². The quantitative estimate of drug-likeness (QED) is 0.236. The average molecular weight is 341 g/mol. The van der Waals surface area contributed by atoms with Crippen LogP contribution in [0, 0.1) is 0 Å². The topological polar surface area (TPSA) is 206 Å². The molecule has 11 heteroatoms. The van der Waals surface area contributed by atoms with Gasteiger partial charge in [-0.25, -0.2) is 0 Å². The van der Waals surface area contributed by atoms with Crippen molar-refractivity contribution in [3.8, 4) is 0 Å². The van der Waals surface area contributed by atoms with E-state index in [0.29, 0.717) is 0 Å². The largest absolute Gasteiger partial charge is 0.394 e. The van der Waals surface area contributed by atoms with E-state index in [4.69, 9.17) is 20.3 Å². The van der Waals surface area contributed by atoms with Crippen LogP contribution in [0.15, 0.2) is 0 Å². The first-order valence-electron chi connectivity index (χ1n) is 7.12. The first-order valence-corrected chi connectivity index (χ1v) is 7.12. The van der Waals surface area contributed by atoms with Gasteiger partial charge in [0, 0.05) is 0 Å². The highest BCUT2D eigenvalue weighted by Crippen LogP contribution is 2.36. The molecule has 10 N–H and O–H groups in total. The molecule has 10 atom stereocenters. The lowest BCUT2D eigenvalue weighted by Crippen LogP contribution is -2.77. The molecule has 2 aliphatic heterocycles. The van der Waals surface area contributed by atoms with Crippen LogP contribution >= 0.6 is 0 Å². The van der Waals surface area contributed by atoms with Gasteiger partial charge in [-0.15, -0.1) is 0 Å². The zero-order valence-corrected chi connectivity index (χ0v) is 12.1. The molecule has 0 radical (unpaired) electrons. The van der Waals surface area contributed by atoms with Gasteiger partial charge in [0.2, 0.25) is 5.79 Å². The molecule has 0 saturated carbocycles. The summed E-state index contributed by atoms with van der Waals surface area (Å²) in [5.41, 5.74) is 5.66. The minimum Gasteiger partial charge on any atom is -0.394 e. The van der Waals surface area contributed by atoms with Gasteiger partial charge in [0.15, 0.2) is 0 Å². The van der Waals surface area contributed by atoms with Crippen molar-refractivity contribution in [3.05, 3.63) is 0 Å². The normalized spacial score (nSPS) is 54.9. The van der Waals surface area contributed by atoms with Gasteiger partial charge in [0.05, 0.1) is 19.3 Å². The van der Waals surface area contributed by atoms with Crippen LogP contribution in [0.3, 0.4) is 0 Å². The van der Waals surface area contributed by atoms with E-state index in [2.05, 4.69) is 0 Å². The molecule has 11 nitrogen and oxygen atoms in total.